The highest BCUT2D eigenvalue weighted by molar-refractivity contribution is 8.16. The number of amides is 1. The number of carbonyl (C=O) groups excluding carboxylic acids is 2. The van der Waals surface area contributed by atoms with Crippen molar-refractivity contribution in [3.8, 4) is 0 Å². The van der Waals surface area contributed by atoms with Crippen molar-refractivity contribution in [3.05, 3.63) is 76.4 Å². The average Bonchev–Trinajstić information content (AvgIpc) is 3.48. The van der Waals surface area contributed by atoms with E-state index in [1.165, 1.54) is 0 Å². The molecule has 1 aliphatic rings. The molecule has 10 heteroatoms. The van der Waals surface area contributed by atoms with E-state index in [2.05, 4.69) is 29.6 Å². The fraction of sp³-hybridized carbons (Fsp3) is 0.387. The Balaban J connectivity index is 0.00000462. The molecule has 1 aliphatic heterocycles. The second-order valence-corrected chi connectivity index (χ2v) is 13.1. The van der Waals surface area contributed by atoms with Crippen LogP contribution in [0.25, 0.3) is 23.1 Å². The van der Waals surface area contributed by atoms with Gasteiger partial charge in [0.05, 0.1) is 22.2 Å². The third-order valence-electron chi connectivity index (χ3n) is 6.57. The van der Waals surface area contributed by atoms with E-state index in [0.29, 0.717) is 36.0 Å². The Morgan fingerprint density at radius 2 is 1.88 bits per heavy atom. The van der Waals surface area contributed by atoms with Crippen LogP contribution in [0.3, 0.4) is 0 Å². The van der Waals surface area contributed by atoms with Gasteiger partial charge in [-0.2, -0.15) is 0 Å². The largest absolute Gasteiger partial charge is 0.464 e. The number of halogens is 2. The first-order valence-electron chi connectivity index (χ1n) is 13.5. The maximum absolute atomic E-state index is 12.3. The molecule has 2 atom stereocenters. The molecule has 220 valence electrons. The maximum atomic E-state index is 12.3. The van der Waals surface area contributed by atoms with Crippen molar-refractivity contribution >= 4 is 82.5 Å². The zero-order chi connectivity index (χ0) is 28.3. The topological polar surface area (TPSA) is 71.5 Å². The summed E-state index contributed by atoms with van der Waals surface area (Å²) in [5.41, 5.74) is 3.93. The number of hydrogen-bond acceptors (Lipinski definition) is 7. The summed E-state index contributed by atoms with van der Waals surface area (Å²) in [5.74, 6) is 1.31. The molecule has 1 aromatic heterocycles. The maximum Gasteiger partial charge on any atom is 0.306 e. The first kappa shape index (κ1) is 33.3. The fourth-order valence-electron chi connectivity index (χ4n) is 4.32. The second-order valence-electron chi connectivity index (χ2n) is 9.91. The number of carbonyl (C=O) groups is 2. The summed E-state index contributed by atoms with van der Waals surface area (Å²) < 4.78 is 5.58. The minimum absolute atomic E-state index is 0. The summed E-state index contributed by atoms with van der Waals surface area (Å²) in [7, 11) is 3.56. The number of nitrogens with zero attached hydrogens (tertiary/aromatic N) is 2. The Morgan fingerprint density at radius 3 is 2.63 bits per heavy atom. The van der Waals surface area contributed by atoms with Gasteiger partial charge in [0, 0.05) is 48.5 Å². The number of hydrogen-bond donors (Lipinski definition) is 1. The average molecular weight is 635 g/mol. The van der Waals surface area contributed by atoms with Gasteiger partial charge in [0.25, 0.3) is 0 Å². The van der Waals surface area contributed by atoms with Crippen molar-refractivity contribution in [2.45, 2.75) is 36.3 Å². The first-order valence-corrected chi connectivity index (χ1v) is 16.0. The molecule has 4 rings (SSSR count). The number of benzene rings is 2. The number of pyridine rings is 1. The lowest BCUT2D eigenvalue weighted by atomic mass is 10.1. The Morgan fingerprint density at radius 1 is 1.10 bits per heavy atom. The summed E-state index contributed by atoms with van der Waals surface area (Å²) in [6, 6.07) is 18.4. The summed E-state index contributed by atoms with van der Waals surface area (Å²) in [4.78, 5) is 30.8. The number of aromatic nitrogens is 1. The number of rotatable bonds is 13. The molecule has 2 unspecified atom stereocenters. The van der Waals surface area contributed by atoms with Crippen LogP contribution in [0.4, 0.5) is 0 Å². The van der Waals surface area contributed by atoms with Crippen LogP contribution in [0.5, 0.6) is 0 Å². The Kier molecular flexibility index (Phi) is 13.8. The molecule has 1 saturated heterocycles. The monoisotopic (exact) mass is 633 g/mol. The van der Waals surface area contributed by atoms with Crippen molar-refractivity contribution in [1.29, 1.82) is 0 Å². The van der Waals surface area contributed by atoms with Crippen LogP contribution < -0.4 is 5.32 Å². The SMILES string of the molecule is CN(C)C(=O)CCSC(SCCC(=O)OCC1CCCN1)c1cccc(/C=C/c2ccc3ccc(Cl)cc3n2)c1.Cl. The highest BCUT2D eigenvalue weighted by Crippen LogP contribution is 2.40. The minimum atomic E-state index is -0.159. The lowest BCUT2D eigenvalue weighted by Crippen LogP contribution is -2.28. The molecule has 0 spiro atoms. The van der Waals surface area contributed by atoms with Crippen LogP contribution in [-0.4, -0.2) is 66.6 Å². The second kappa shape index (κ2) is 17.0. The van der Waals surface area contributed by atoms with Crippen LogP contribution in [0.15, 0.2) is 54.6 Å². The Hall–Kier alpha value is -2.23. The quantitative estimate of drug-likeness (QED) is 0.159. The number of esters is 1. The zero-order valence-corrected chi connectivity index (χ0v) is 26.6. The smallest absolute Gasteiger partial charge is 0.306 e. The third-order valence-corrected chi connectivity index (χ3v) is 9.65. The number of fused-ring (bicyclic) bond motifs is 1. The van der Waals surface area contributed by atoms with E-state index in [9.17, 15) is 9.59 Å². The van der Waals surface area contributed by atoms with Gasteiger partial charge in [0.1, 0.15) is 6.61 Å². The van der Waals surface area contributed by atoms with E-state index < -0.39 is 0 Å². The van der Waals surface area contributed by atoms with Crippen molar-refractivity contribution in [3.63, 3.8) is 0 Å². The normalized spacial score (nSPS) is 15.5. The summed E-state index contributed by atoms with van der Waals surface area (Å²) >= 11 is 9.60. The predicted octanol–water partition coefficient (Wildman–Crippen LogP) is 7.11. The highest BCUT2D eigenvalue weighted by Gasteiger charge is 2.18. The molecule has 0 bridgehead atoms. The molecule has 2 aromatic carbocycles. The first-order chi connectivity index (χ1) is 19.4. The molecule has 41 heavy (non-hydrogen) atoms. The Bertz CT molecular complexity index is 1330. The molecular formula is C31H37Cl2N3O3S2. The Labute approximate surface area is 262 Å². The van der Waals surface area contributed by atoms with Gasteiger partial charge in [-0.3, -0.25) is 9.59 Å². The van der Waals surface area contributed by atoms with Crippen LogP contribution >= 0.6 is 47.5 Å². The van der Waals surface area contributed by atoms with Crippen molar-refractivity contribution in [2.24, 2.45) is 0 Å². The zero-order valence-electron chi connectivity index (χ0n) is 23.4. The van der Waals surface area contributed by atoms with E-state index in [1.807, 2.05) is 42.5 Å². The molecule has 0 aliphatic carbocycles. The van der Waals surface area contributed by atoms with Gasteiger partial charge in [0.2, 0.25) is 5.91 Å². The summed E-state index contributed by atoms with van der Waals surface area (Å²) in [6.45, 7) is 1.44. The van der Waals surface area contributed by atoms with E-state index in [-0.39, 0.29) is 34.9 Å². The van der Waals surface area contributed by atoms with E-state index in [1.54, 1.807) is 42.5 Å². The summed E-state index contributed by atoms with van der Waals surface area (Å²) in [5, 5.41) is 5.07. The lowest BCUT2D eigenvalue weighted by molar-refractivity contribution is -0.143. The van der Waals surface area contributed by atoms with Crippen LogP contribution in [0.2, 0.25) is 5.02 Å². The van der Waals surface area contributed by atoms with Gasteiger partial charge in [-0.15, -0.1) is 35.9 Å². The van der Waals surface area contributed by atoms with Gasteiger partial charge in [-0.25, -0.2) is 4.98 Å². The van der Waals surface area contributed by atoms with Gasteiger partial charge < -0.3 is 15.0 Å². The van der Waals surface area contributed by atoms with Gasteiger partial charge >= 0.3 is 5.97 Å². The summed E-state index contributed by atoms with van der Waals surface area (Å²) in [6.07, 6.45) is 7.08. The number of thioether (sulfide) groups is 2. The van der Waals surface area contributed by atoms with Crippen molar-refractivity contribution < 1.29 is 14.3 Å². The van der Waals surface area contributed by atoms with E-state index >= 15 is 0 Å². The molecule has 3 aromatic rings. The molecule has 1 amide bonds. The number of ether oxygens (including phenoxy) is 1. The molecule has 0 saturated carbocycles. The van der Waals surface area contributed by atoms with E-state index in [0.717, 1.165) is 47.1 Å². The van der Waals surface area contributed by atoms with Gasteiger partial charge in [-0.05, 0) is 60.9 Å². The lowest BCUT2D eigenvalue weighted by Gasteiger charge is -2.18. The molecule has 1 N–H and O–H groups in total. The van der Waals surface area contributed by atoms with E-state index in [4.69, 9.17) is 21.3 Å². The van der Waals surface area contributed by atoms with Crippen LogP contribution in [-0.2, 0) is 14.3 Å². The van der Waals surface area contributed by atoms with Crippen molar-refractivity contribution in [1.82, 2.24) is 15.2 Å². The fourth-order valence-corrected chi connectivity index (χ4v) is 7.13. The van der Waals surface area contributed by atoms with Gasteiger partial charge in [0.15, 0.2) is 0 Å². The molecule has 6 nitrogen and oxygen atoms in total. The van der Waals surface area contributed by atoms with Crippen LogP contribution in [0, 0.1) is 0 Å². The predicted molar refractivity (Wildman–Crippen MR) is 177 cm³/mol. The van der Waals surface area contributed by atoms with Crippen LogP contribution in [0.1, 0.15) is 47.1 Å². The molecular weight excluding hydrogens is 597 g/mol. The third kappa shape index (κ3) is 10.8. The standard InChI is InChI=1S/C31H36ClN3O3S2.ClH/c1-35(2)29(36)14-17-39-31(40-18-15-30(37)38-21-27-7-4-16-33-27)24-6-3-5-22(19-24)8-12-26-13-10-23-9-11-25(32)20-28(23)34-26;/h3,5-6,8-13,19-20,27,31,33H,4,7,14-18,21H2,1-2H3;1H/b12-8+;. The van der Waals surface area contributed by atoms with Gasteiger partial charge in [-0.1, -0.05) is 48.0 Å². The highest BCUT2D eigenvalue weighted by atomic mass is 35.5. The molecule has 2 heterocycles. The number of nitrogens with one attached hydrogen (secondary N) is 1. The van der Waals surface area contributed by atoms with Crippen molar-refractivity contribution in [2.75, 3.05) is 38.8 Å². The minimum Gasteiger partial charge on any atom is -0.464 e. The molecule has 1 fully saturated rings. The molecule has 0 radical (unpaired) electrons.